The molecule has 2 aliphatic carbocycles. The number of carbonyl (C=O) groups is 3. The molecule has 2 aromatic carbocycles. The number of unbranched alkanes of at least 4 members (excludes halogenated alkanes) is 1. The summed E-state index contributed by atoms with van der Waals surface area (Å²) in [5.74, 6) is -1.16. The fourth-order valence-electron chi connectivity index (χ4n) is 4.65. The van der Waals surface area contributed by atoms with Crippen molar-refractivity contribution in [3.05, 3.63) is 59.7 Å². The molecule has 7 heteroatoms. The van der Waals surface area contributed by atoms with Crippen molar-refractivity contribution in [2.75, 3.05) is 13.2 Å². The van der Waals surface area contributed by atoms with Gasteiger partial charge in [0.2, 0.25) is 5.91 Å². The highest BCUT2D eigenvalue weighted by molar-refractivity contribution is 5.83. The van der Waals surface area contributed by atoms with Gasteiger partial charge in [-0.15, -0.1) is 0 Å². The Morgan fingerprint density at radius 1 is 0.970 bits per heavy atom. The highest BCUT2D eigenvalue weighted by Gasteiger charge is 2.33. The number of hydrogen-bond acceptors (Lipinski definition) is 4. The summed E-state index contributed by atoms with van der Waals surface area (Å²) in [4.78, 5) is 35.6. The molecule has 7 nitrogen and oxygen atoms in total. The Hall–Kier alpha value is -3.35. The van der Waals surface area contributed by atoms with Gasteiger partial charge in [0.05, 0.1) is 0 Å². The van der Waals surface area contributed by atoms with Crippen molar-refractivity contribution in [1.29, 1.82) is 0 Å². The number of carboxylic acids is 1. The number of fused-ring (bicyclic) bond motifs is 3. The second kappa shape index (κ2) is 10.5. The number of carboxylic acid groups (broad SMARTS) is 1. The van der Waals surface area contributed by atoms with Crippen molar-refractivity contribution < 1.29 is 24.2 Å². The molecule has 1 saturated carbocycles. The molecule has 4 rings (SSSR count). The maximum absolute atomic E-state index is 12.2. The smallest absolute Gasteiger partial charge is 0.407 e. The standard InChI is InChI=1S/C26H30N2O5/c29-23(28-24(25(30)31)17-8-7-9-17)14-5-6-15-27-26(32)33-16-22-20-12-3-1-10-18(20)19-11-2-4-13-21(19)22/h1-4,10-13,17,22,24H,5-9,14-16H2,(H,27,32)(H,28,29)(H,30,31). The monoisotopic (exact) mass is 450 g/mol. The third-order valence-electron chi connectivity index (χ3n) is 6.65. The molecule has 174 valence electrons. The summed E-state index contributed by atoms with van der Waals surface area (Å²) >= 11 is 0. The highest BCUT2D eigenvalue weighted by atomic mass is 16.5. The number of hydrogen-bond donors (Lipinski definition) is 3. The molecule has 1 atom stereocenters. The van der Waals surface area contributed by atoms with Gasteiger partial charge in [-0.05, 0) is 53.9 Å². The van der Waals surface area contributed by atoms with Crippen molar-refractivity contribution in [2.45, 2.75) is 50.5 Å². The quantitative estimate of drug-likeness (QED) is 0.474. The van der Waals surface area contributed by atoms with E-state index in [9.17, 15) is 19.5 Å². The first-order valence-electron chi connectivity index (χ1n) is 11.7. The molecule has 1 unspecified atom stereocenters. The number of carbonyl (C=O) groups excluding carboxylic acids is 2. The van der Waals surface area contributed by atoms with Gasteiger partial charge in [0, 0.05) is 18.9 Å². The molecule has 0 bridgehead atoms. The zero-order valence-electron chi connectivity index (χ0n) is 18.6. The Kier molecular flexibility index (Phi) is 7.27. The van der Waals surface area contributed by atoms with Crippen molar-refractivity contribution >= 4 is 18.0 Å². The fraction of sp³-hybridized carbons (Fsp3) is 0.423. The highest BCUT2D eigenvalue weighted by Crippen LogP contribution is 2.44. The van der Waals surface area contributed by atoms with E-state index in [1.807, 2.05) is 24.3 Å². The number of ether oxygens (including phenoxy) is 1. The average Bonchev–Trinajstić information content (AvgIpc) is 3.09. The van der Waals surface area contributed by atoms with Crippen molar-refractivity contribution in [3.8, 4) is 11.1 Å². The lowest BCUT2D eigenvalue weighted by Crippen LogP contribution is -2.48. The molecule has 2 amide bonds. The van der Waals surface area contributed by atoms with E-state index in [1.54, 1.807) is 0 Å². The van der Waals surface area contributed by atoms with E-state index < -0.39 is 18.1 Å². The number of aliphatic carboxylic acids is 1. The first kappa shape index (κ1) is 22.8. The van der Waals surface area contributed by atoms with Gasteiger partial charge in [-0.2, -0.15) is 0 Å². The predicted molar refractivity (Wildman–Crippen MR) is 124 cm³/mol. The van der Waals surface area contributed by atoms with E-state index in [1.165, 1.54) is 22.3 Å². The number of amides is 2. The van der Waals surface area contributed by atoms with Gasteiger partial charge < -0.3 is 20.5 Å². The predicted octanol–water partition coefficient (Wildman–Crippen LogP) is 4.06. The molecule has 33 heavy (non-hydrogen) atoms. The Morgan fingerprint density at radius 2 is 1.61 bits per heavy atom. The van der Waals surface area contributed by atoms with Crippen LogP contribution in [0.25, 0.3) is 11.1 Å². The van der Waals surface area contributed by atoms with Crippen LogP contribution in [0.5, 0.6) is 0 Å². The Bertz CT molecular complexity index is 972. The van der Waals surface area contributed by atoms with Gasteiger partial charge in [0.25, 0.3) is 0 Å². The molecule has 0 saturated heterocycles. The van der Waals surface area contributed by atoms with Crippen LogP contribution in [0.4, 0.5) is 4.79 Å². The topological polar surface area (TPSA) is 105 Å². The molecule has 0 heterocycles. The summed E-state index contributed by atoms with van der Waals surface area (Å²) in [6.07, 6.45) is 3.65. The number of alkyl carbamates (subject to hydrolysis) is 1. The van der Waals surface area contributed by atoms with Crippen molar-refractivity contribution in [3.63, 3.8) is 0 Å². The minimum atomic E-state index is -0.968. The molecular weight excluding hydrogens is 420 g/mol. The van der Waals surface area contributed by atoms with Crippen molar-refractivity contribution in [2.24, 2.45) is 5.92 Å². The van der Waals surface area contributed by atoms with E-state index in [0.29, 0.717) is 19.4 Å². The molecule has 0 aromatic heterocycles. The average molecular weight is 451 g/mol. The van der Waals surface area contributed by atoms with Crippen LogP contribution >= 0.6 is 0 Å². The van der Waals surface area contributed by atoms with Gasteiger partial charge in [0.1, 0.15) is 12.6 Å². The van der Waals surface area contributed by atoms with E-state index in [0.717, 1.165) is 19.3 Å². The molecule has 2 aliphatic rings. The van der Waals surface area contributed by atoms with Crippen LogP contribution in [0.3, 0.4) is 0 Å². The number of rotatable bonds is 10. The van der Waals surface area contributed by atoms with Crippen molar-refractivity contribution in [1.82, 2.24) is 10.6 Å². The lowest BCUT2D eigenvalue weighted by Gasteiger charge is -2.31. The maximum Gasteiger partial charge on any atom is 0.407 e. The van der Waals surface area contributed by atoms with Crippen LogP contribution < -0.4 is 10.6 Å². The number of nitrogens with one attached hydrogen (secondary N) is 2. The van der Waals surface area contributed by atoms with Gasteiger partial charge in [-0.25, -0.2) is 9.59 Å². The molecule has 0 aliphatic heterocycles. The lowest BCUT2D eigenvalue weighted by molar-refractivity contribution is -0.144. The van der Waals surface area contributed by atoms with Gasteiger partial charge >= 0.3 is 12.1 Å². The molecule has 1 fully saturated rings. The Labute approximate surface area is 193 Å². The summed E-state index contributed by atoms with van der Waals surface area (Å²) in [7, 11) is 0. The largest absolute Gasteiger partial charge is 0.480 e. The second-order valence-electron chi connectivity index (χ2n) is 8.78. The molecule has 0 radical (unpaired) electrons. The molecule has 3 N–H and O–H groups in total. The van der Waals surface area contributed by atoms with E-state index in [4.69, 9.17) is 4.74 Å². The van der Waals surface area contributed by atoms with E-state index in [-0.39, 0.29) is 30.8 Å². The maximum atomic E-state index is 12.2. The van der Waals surface area contributed by atoms with Crippen LogP contribution in [0.15, 0.2) is 48.5 Å². The third-order valence-corrected chi connectivity index (χ3v) is 6.65. The Morgan fingerprint density at radius 3 is 2.18 bits per heavy atom. The van der Waals surface area contributed by atoms with Crippen LogP contribution in [0.2, 0.25) is 0 Å². The first-order valence-corrected chi connectivity index (χ1v) is 11.7. The lowest BCUT2D eigenvalue weighted by atomic mass is 9.79. The minimum absolute atomic E-state index is 0.0182. The zero-order valence-corrected chi connectivity index (χ0v) is 18.6. The fourth-order valence-corrected chi connectivity index (χ4v) is 4.65. The zero-order chi connectivity index (χ0) is 23.2. The summed E-state index contributed by atoms with van der Waals surface area (Å²) in [5.41, 5.74) is 4.70. The third kappa shape index (κ3) is 5.35. The molecular formula is C26H30N2O5. The van der Waals surface area contributed by atoms with E-state index >= 15 is 0 Å². The van der Waals surface area contributed by atoms with Crippen LogP contribution in [-0.2, 0) is 14.3 Å². The van der Waals surface area contributed by atoms with Gasteiger partial charge in [-0.3, -0.25) is 4.79 Å². The Balaban J connectivity index is 1.16. The van der Waals surface area contributed by atoms with Gasteiger partial charge in [-0.1, -0.05) is 55.0 Å². The van der Waals surface area contributed by atoms with Crippen LogP contribution in [0.1, 0.15) is 55.6 Å². The van der Waals surface area contributed by atoms with Gasteiger partial charge in [0.15, 0.2) is 0 Å². The normalized spacial score (nSPS) is 15.6. The van der Waals surface area contributed by atoms with Crippen LogP contribution in [-0.4, -0.2) is 42.3 Å². The second-order valence-corrected chi connectivity index (χ2v) is 8.78. The summed E-state index contributed by atoms with van der Waals surface area (Å²) in [6.45, 7) is 0.662. The SMILES string of the molecule is O=C(CCCCNC(=O)OCC1c2ccccc2-c2ccccc21)NC(C(=O)O)C1CCC1. The first-order chi connectivity index (χ1) is 16.0. The minimum Gasteiger partial charge on any atom is -0.480 e. The number of benzene rings is 2. The summed E-state index contributed by atoms with van der Waals surface area (Å²) in [6, 6.07) is 15.6. The summed E-state index contributed by atoms with van der Waals surface area (Å²) < 4.78 is 5.50. The van der Waals surface area contributed by atoms with E-state index in [2.05, 4.69) is 34.9 Å². The molecule has 0 spiro atoms. The van der Waals surface area contributed by atoms with Crippen LogP contribution in [0, 0.1) is 5.92 Å². The molecule has 2 aromatic rings. The summed E-state index contributed by atoms with van der Waals surface area (Å²) in [5, 5.41) is 14.7.